The molecule has 0 aliphatic carbocycles. The molecule has 0 bridgehead atoms. The molecule has 0 spiro atoms. The lowest BCUT2D eigenvalue weighted by Crippen LogP contribution is -2.08. The lowest BCUT2D eigenvalue weighted by molar-refractivity contribution is 0.762. The zero-order chi connectivity index (χ0) is 14.5. The van der Waals surface area contributed by atoms with Crippen LogP contribution in [0.2, 0.25) is 0 Å². The standard InChI is InChI=1S/C17H19N3S/c1-2-16(17-7-4-10-21-17)19-15-6-3-5-14(11-15)12-20-9-8-18-13-20/h3-11,13,16,19H,2,12H2,1H3. The van der Waals surface area contributed by atoms with Gasteiger partial charge in [0.05, 0.1) is 12.4 Å². The summed E-state index contributed by atoms with van der Waals surface area (Å²) in [5.74, 6) is 0. The molecule has 0 saturated carbocycles. The number of aromatic nitrogens is 2. The van der Waals surface area contributed by atoms with Crippen LogP contribution in [0.4, 0.5) is 5.69 Å². The number of anilines is 1. The summed E-state index contributed by atoms with van der Waals surface area (Å²) in [5.41, 5.74) is 2.45. The van der Waals surface area contributed by atoms with Crippen LogP contribution in [0.1, 0.15) is 29.8 Å². The molecule has 1 atom stereocenters. The first-order valence-electron chi connectivity index (χ1n) is 7.20. The molecule has 1 unspecified atom stereocenters. The SMILES string of the molecule is CCC(Nc1cccc(Cn2ccnc2)c1)c1cccs1. The quantitative estimate of drug-likeness (QED) is 0.723. The number of imidazole rings is 1. The van der Waals surface area contributed by atoms with Gasteiger partial charge in [0.1, 0.15) is 0 Å². The van der Waals surface area contributed by atoms with E-state index in [1.807, 2.05) is 30.1 Å². The average Bonchev–Trinajstić information content (AvgIpc) is 3.18. The Morgan fingerprint density at radius 1 is 1.29 bits per heavy atom. The van der Waals surface area contributed by atoms with E-state index in [9.17, 15) is 0 Å². The molecule has 0 radical (unpaired) electrons. The summed E-state index contributed by atoms with van der Waals surface area (Å²) in [5, 5.41) is 5.77. The van der Waals surface area contributed by atoms with E-state index in [1.165, 1.54) is 16.1 Å². The first-order valence-corrected chi connectivity index (χ1v) is 8.07. The summed E-state index contributed by atoms with van der Waals surface area (Å²) in [6.45, 7) is 3.07. The van der Waals surface area contributed by atoms with Gasteiger partial charge in [-0.2, -0.15) is 0 Å². The Kier molecular flexibility index (Phi) is 4.36. The van der Waals surface area contributed by atoms with Crippen molar-refractivity contribution in [3.63, 3.8) is 0 Å². The molecule has 2 heterocycles. The molecule has 0 amide bonds. The fraction of sp³-hybridized carbons (Fsp3) is 0.235. The summed E-state index contributed by atoms with van der Waals surface area (Å²) in [6, 6.07) is 13.3. The highest BCUT2D eigenvalue weighted by Crippen LogP contribution is 2.26. The Balaban J connectivity index is 1.73. The van der Waals surface area contributed by atoms with E-state index in [2.05, 4.69) is 63.6 Å². The van der Waals surface area contributed by atoms with Crippen molar-refractivity contribution in [2.24, 2.45) is 0 Å². The maximum Gasteiger partial charge on any atom is 0.0949 e. The second-order valence-corrected chi connectivity index (χ2v) is 6.04. The molecule has 3 aromatic rings. The molecule has 3 nitrogen and oxygen atoms in total. The predicted octanol–water partition coefficient (Wildman–Crippen LogP) is 4.56. The molecular weight excluding hydrogens is 278 g/mol. The third-order valence-electron chi connectivity index (χ3n) is 3.49. The lowest BCUT2D eigenvalue weighted by atomic mass is 10.1. The van der Waals surface area contributed by atoms with Crippen molar-refractivity contribution in [3.05, 3.63) is 70.9 Å². The minimum Gasteiger partial charge on any atom is -0.377 e. The van der Waals surface area contributed by atoms with E-state index in [0.717, 1.165) is 13.0 Å². The van der Waals surface area contributed by atoms with Gasteiger partial charge in [-0.25, -0.2) is 4.98 Å². The van der Waals surface area contributed by atoms with Crippen LogP contribution in [0.25, 0.3) is 0 Å². The van der Waals surface area contributed by atoms with Crippen molar-refractivity contribution in [2.45, 2.75) is 25.9 Å². The molecule has 4 heteroatoms. The van der Waals surface area contributed by atoms with E-state index in [4.69, 9.17) is 0 Å². The van der Waals surface area contributed by atoms with Crippen LogP contribution in [0.3, 0.4) is 0 Å². The number of rotatable bonds is 6. The van der Waals surface area contributed by atoms with Gasteiger partial charge >= 0.3 is 0 Å². The minimum absolute atomic E-state index is 0.383. The Morgan fingerprint density at radius 3 is 2.95 bits per heavy atom. The maximum atomic E-state index is 4.08. The molecule has 3 rings (SSSR count). The highest BCUT2D eigenvalue weighted by molar-refractivity contribution is 7.10. The average molecular weight is 297 g/mol. The van der Waals surface area contributed by atoms with Crippen LogP contribution in [0.5, 0.6) is 0 Å². The minimum atomic E-state index is 0.383. The van der Waals surface area contributed by atoms with Crippen molar-refractivity contribution in [2.75, 3.05) is 5.32 Å². The monoisotopic (exact) mass is 297 g/mol. The van der Waals surface area contributed by atoms with Crippen molar-refractivity contribution in [1.82, 2.24) is 9.55 Å². The van der Waals surface area contributed by atoms with Crippen LogP contribution in [0, 0.1) is 0 Å². The van der Waals surface area contributed by atoms with Gasteiger partial charge in [0.15, 0.2) is 0 Å². The van der Waals surface area contributed by atoms with Crippen molar-refractivity contribution >= 4 is 17.0 Å². The largest absolute Gasteiger partial charge is 0.377 e. The van der Waals surface area contributed by atoms with Gasteiger partial charge in [0.2, 0.25) is 0 Å². The van der Waals surface area contributed by atoms with Gasteiger partial charge in [-0.3, -0.25) is 0 Å². The molecule has 1 aromatic carbocycles. The van der Waals surface area contributed by atoms with Gasteiger partial charge < -0.3 is 9.88 Å². The predicted molar refractivity (Wildman–Crippen MR) is 88.7 cm³/mol. The van der Waals surface area contributed by atoms with Gasteiger partial charge in [-0.15, -0.1) is 11.3 Å². The Morgan fingerprint density at radius 2 is 2.24 bits per heavy atom. The lowest BCUT2D eigenvalue weighted by Gasteiger charge is -2.17. The van der Waals surface area contributed by atoms with Gasteiger partial charge in [-0.1, -0.05) is 25.1 Å². The number of benzene rings is 1. The summed E-state index contributed by atoms with van der Waals surface area (Å²) in [7, 11) is 0. The van der Waals surface area contributed by atoms with Crippen molar-refractivity contribution in [3.8, 4) is 0 Å². The van der Waals surface area contributed by atoms with Crippen LogP contribution >= 0.6 is 11.3 Å². The van der Waals surface area contributed by atoms with E-state index in [0.29, 0.717) is 6.04 Å². The fourth-order valence-corrected chi connectivity index (χ4v) is 3.28. The molecular formula is C17H19N3S. The maximum absolute atomic E-state index is 4.08. The smallest absolute Gasteiger partial charge is 0.0949 e. The topological polar surface area (TPSA) is 29.9 Å². The number of hydrogen-bond acceptors (Lipinski definition) is 3. The van der Waals surface area contributed by atoms with Gasteiger partial charge in [-0.05, 0) is 35.6 Å². The Labute approximate surface area is 129 Å². The zero-order valence-electron chi connectivity index (χ0n) is 12.1. The summed E-state index contributed by atoms with van der Waals surface area (Å²) < 4.78 is 2.08. The first kappa shape index (κ1) is 13.9. The van der Waals surface area contributed by atoms with E-state index >= 15 is 0 Å². The number of nitrogens with one attached hydrogen (secondary N) is 1. The summed E-state index contributed by atoms with van der Waals surface area (Å²) in [4.78, 5) is 5.47. The van der Waals surface area contributed by atoms with E-state index in [-0.39, 0.29) is 0 Å². The molecule has 0 aliphatic rings. The van der Waals surface area contributed by atoms with Crippen molar-refractivity contribution in [1.29, 1.82) is 0 Å². The number of nitrogens with zero attached hydrogens (tertiary/aromatic N) is 2. The molecule has 0 saturated heterocycles. The van der Waals surface area contributed by atoms with E-state index < -0.39 is 0 Å². The summed E-state index contributed by atoms with van der Waals surface area (Å²) in [6.07, 6.45) is 6.72. The van der Waals surface area contributed by atoms with Crippen LogP contribution < -0.4 is 5.32 Å². The highest BCUT2D eigenvalue weighted by Gasteiger charge is 2.10. The molecule has 108 valence electrons. The third kappa shape index (κ3) is 3.52. The fourth-order valence-electron chi connectivity index (χ4n) is 2.42. The first-order chi connectivity index (χ1) is 10.3. The second kappa shape index (κ2) is 6.59. The number of hydrogen-bond donors (Lipinski definition) is 1. The van der Waals surface area contributed by atoms with Gasteiger partial charge in [0, 0.05) is 29.5 Å². The third-order valence-corrected chi connectivity index (χ3v) is 4.47. The second-order valence-electron chi connectivity index (χ2n) is 5.06. The highest BCUT2D eigenvalue weighted by atomic mass is 32.1. The van der Waals surface area contributed by atoms with Crippen LogP contribution in [-0.4, -0.2) is 9.55 Å². The molecule has 21 heavy (non-hydrogen) atoms. The molecule has 0 fully saturated rings. The van der Waals surface area contributed by atoms with Crippen molar-refractivity contribution < 1.29 is 0 Å². The zero-order valence-corrected chi connectivity index (χ0v) is 12.9. The molecule has 1 N–H and O–H groups in total. The normalized spacial score (nSPS) is 12.2. The number of thiophene rings is 1. The molecule has 0 aliphatic heterocycles. The summed E-state index contributed by atoms with van der Waals surface area (Å²) >= 11 is 1.81. The van der Waals surface area contributed by atoms with Gasteiger partial charge in [0.25, 0.3) is 0 Å². The van der Waals surface area contributed by atoms with E-state index in [1.54, 1.807) is 0 Å². The van der Waals surface area contributed by atoms with Crippen LogP contribution in [-0.2, 0) is 6.54 Å². The Bertz CT molecular complexity index is 659. The molecule has 2 aromatic heterocycles. The van der Waals surface area contributed by atoms with Crippen LogP contribution in [0.15, 0.2) is 60.5 Å². The Hall–Kier alpha value is -2.07.